The average molecular weight is 322 g/mol. The molecule has 1 unspecified atom stereocenters. The van der Waals surface area contributed by atoms with Crippen LogP contribution in [0.5, 0.6) is 0 Å². The lowest BCUT2D eigenvalue weighted by molar-refractivity contribution is -0.0721. The van der Waals surface area contributed by atoms with Crippen molar-refractivity contribution in [3.8, 4) is 12.3 Å². The van der Waals surface area contributed by atoms with E-state index in [0.29, 0.717) is 21.6 Å². The van der Waals surface area contributed by atoms with Crippen molar-refractivity contribution in [2.75, 3.05) is 6.61 Å². The lowest BCUT2D eigenvalue weighted by Gasteiger charge is -2.26. The maximum atomic E-state index is 10.6. The van der Waals surface area contributed by atoms with Gasteiger partial charge in [0.2, 0.25) is 0 Å². The number of H-pyrrole nitrogens is 1. The summed E-state index contributed by atoms with van der Waals surface area (Å²) < 4.78 is 7.26. The Hall–Kier alpha value is -1.83. The molecule has 2 aromatic rings. The maximum absolute atomic E-state index is 10.6. The number of nitrogens with zero attached hydrogens (tertiary/aromatic N) is 3. The van der Waals surface area contributed by atoms with Crippen LogP contribution in [0.15, 0.2) is 6.33 Å². The zero-order valence-electron chi connectivity index (χ0n) is 11.6. The normalized spacial score (nSPS) is 31.5. The van der Waals surface area contributed by atoms with Crippen LogP contribution < -0.4 is 0 Å². The van der Waals surface area contributed by atoms with E-state index in [4.69, 9.17) is 23.4 Å². The molecule has 116 valence electrons. The van der Waals surface area contributed by atoms with E-state index in [1.165, 1.54) is 10.9 Å². The third-order valence-electron chi connectivity index (χ3n) is 3.71. The van der Waals surface area contributed by atoms with Crippen molar-refractivity contribution in [2.24, 2.45) is 0 Å². The summed E-state index contributed by atoms with van der Waals surface area (Å²) in [4.78, 5) is 11.2. The molecule has 0 aromatic carbocycles. The Kier molecular flexibility index (Phi) is 3.51. The number of aliphatic hydroxyl groups excluding tert-OH is 2. The average Bonchev–Trinajstić information content (AvgIpc) is 3.00. The minimum absolute atomic E-state index is 0.298. The van der Waals surface area contributed by atoms with Crippen LogP contribution >= 0.6 is 12.2 Å². The van der Waals surface area contributed by atoms with E-state index in [1.54, 1.807) is 6.92 Å². The molecule has 0 bridgehead atoms. The summed E-state index contributed by atoms with van der Waals surface area (Å²) in [6.45, 7) is 1.24. The maximum Gasteiger partial charge on any atom is 0.199 e. The first-order chi connectivity index (χ1) is 10.4. The van der Waals surface area contributed by atoms with Gasteiger partial charge >= 0.3 is 0 Å². The lowest BCUT2D eigenvalue weighted by Crippen LogP contribution is -2.45. The highest BCUT2D eigenvalue weighted by molar-refractivity contribution is 7.71. The van der Waals surface area contributed by atoms with Crippen LogP contribution in [-0.4, -0.2) is 59.3 Å². The molecule has 0 saturated carbocycles. The Labute approximate surface area is 130 Å². The number of ether oxygens (including phenoxy) is 1. The van der Waals surface area contributed by atoms with Crippen molar-refractivity contribution in [2.45, 2.75) is 31.0 Å². The minimum atomic E-state index is -2.01. The first-order valence-electron chi connectivity index (χ1n) is 6.50. The van der Waals surface area contributed by atoms with Gasteiger partial charge < -0.3 is 25.0 Å². The van der Waals surface area contributed by atoms with Crippen molar-refractivity contribution in [3.05, 3.63) is 16.8 Å². The zero-order valence-corrected chi connectivity index (χ0v) is 12.4. The summed E-state index contributed by atoms with van der Waals surface area (Å²) in [5.41, 5.74) is -1.12. The van der Waals surface area contributed by atoms with Crippen molar-refractivity contribution >= 4 is 23.4 Å². The monoisotopic (exact) mass is 322 g/mol. The number of aryl methyl sites for hydroxylation is 1. The van der Waals surface area contributed by atoms with E-state index in [2.05, 4.69) is 20.9 Å². The van der Waals surface area contributed by atoms with Gasteiger partial charge in [0.25, 0.3) is 0 Å². The summed E-state index contributed by atoms with van der Waals surface area (Å²) in [5.74, 6) is 2.71. The third kappa shape index (κ3) is 1.97. The van der Waals surface area contributed by atoms with Crippen LogP contribution in [0.3, 0.4) is 0 Å². The Bertz CT molecular complexity index is 826. The summed E-state index contributed by atoms with van der Waals surface area (Å²) in [7, 11) is 0. The summed E-state index contributed by atoms with van der Waals surface area (Å²) in [6.07, 6.45) is 3.20. The van der Waals surface area contributed by atoms with Gasteiger partial charge in [0, 0.05) is 0 Å². The Morgan fingerprint density at radius 2 is 2.36 bits per heavy atom. The number of nitrogens with one attached hydrogen (secondary N) is 1. The van der Waals surface area contributed by atoms with Gasteiger partial charge in [-0.2, -0.15) is 0 Å². The second-order valence-corrected chi connectivity index (χ2v) is 5.49. The smallest absolute Gasteiger partial charge is 0.199 e. The molecule has 22 heavy (non-hydrogen) atoms. The van der Waals surface area contributed by atoms with E-state index in [-0.39, 0.29) is 0 Å². The molecule has 2 aromatic heterocycles. The SMILES string of the molecule is C#CC1(O)[C@@H](O)[C@@H](CO)O[C@H]1n1cnc2c(=S)nc(C)[nH]c21. The molecular formula is C13H14N4O4S. The van der Waals surface area contributed by atoms with Gasteiger partial charge in [-0.25, -0.2) is 9.97 Å². The summed E-state index contributed by atoms with van der Waals surface area (Å²) >= 11 is 5.14. The quantitative estimate of drug-likeness (QED) is 0.431. The second-order valence-electron chi connectivity index (χ2n) is 5.10. The van der Waals surface area contributed by atoms with Crippen LogP contribution in [0.25, 0.3) is 11.2 Å². The molecule has 1 aliphatic rings. The first-order valence-corrected chi connectivity index (χ1v) is 6.91. The van der Waals surface area contributed by atoms with Crippen LogP contribution in [0.1, 0.15) is 12.1 Å². The number of hydrogen-bond donors (Lipinski definition) is 4. The predicted octanol–water partition coefficient (Wildman–Crippen LogP) is -0.588. The zero-order chi connectivity index (χ0) is 16.1. The number of imidazole rings is 1. The van der Waals surface area contributed by atoms with Crippen molar-refractivity contribution in [1.82, 2.24) is 19.5 Å². The molecule has 0 spiro atoms. The Morgan fingerprint density at radius 1 is 1.64 bits per heavy atom. The highest BCUT2D eigenvalue weighted by Gasteiger charge is 2.55. The fourth-order valence-electron chi connectivity index (χ4n) is 2.57. The van der Waals surface area contributed by atoms with Crippen LogP contribution in [0, 0.1) is 23.9 Å². The molecular weight excluding hydrogens is 308 g/mol. The standard InChI is InChI=1S/C13H14N4O4S/c1-3-13(20)9(19)7(4-18)21-12(13)17-5-14-8-10(17)15-6(2)16-11(8)22/h1,5,7,9,12,18-20H,4H2,2H3,(H,15,16,22)/t7-,9+,12-,13?/m1/s1. The van der Waals surface area contributed by atoms with Crippen LogP contribution in [-0.2, 0) is 4.74 Å². The van der Waals surface area contributed by atoms with E-state index >= 15 is 0 Å². The van der Waals surface area contributed by atoms with E-state index in [1.807, 2.05) is 0 Å². The molecule has 0 radical (unpaired) electrons. The van der Waals surface area contributed by atoms with E-state index < -0.39 is 30.6 Å². The van der Waals surface area contributed by atoms with Gasteiger partial charge in [-0.1, -0.05) is 18.1 Å². The molecule has 4 N–H and O–H groups in total. The summed E-state index contributed by atoms with van der Waals surface area (Å²) in [6, 6.07) is 0. The van der Waals surface area contributed by atoms with Crippen LogP contribution in [0.4, 0.5) is 0 Å². The number of terminal acetylenes is 1. The topological polar surface area (TPSA) is 116 Å². The van der Waals surface area contributed by atoms with Gasteiger partial charge in [-0.3, -0.25) is 4.57 Å². The molecule has 4 atom stereocenters. The van der Waals surface area contributed by atoms with Gasteiger partial charge in [-0.05, 0) is 6.92 Å². The number of aromatic amines is 1. The fraction of sp³-hybridized carbons (Fsp3) is 0.462. The van der Waals surface area contributed by atoms with Crippen LogP contribution in [0.2, 0.25) is 0 Å². The second kappa shape index (κ2) is 5.12. The number of aromatic nitrogens is 4. The van der Waals surface area contributed by atoms with Gasteiger partial charge in [0.05, 0.1) is 12.9 Å². The largest absolute Gasteiger partial charge is 0.394 e. The van der Waals surface area contributed by atoms with Gasteiger partial charge in [-0.15, -0.1) is 6.42 Å². The molecule has 3 heterocycles. The molecule has 0 amide bonds. The van der Waals surface area contributed by atoms with Gasteiger partial charge in [0.15, 0.2) is 16.5 Å². The highest BCUT2D eigenvalue weighted by Crippen LogP contribution is 2.39. The number of fused-ring (bicyclic) bond motifs is 1. The number of hydrogen-bond acceptors (Lipinski definition) is 7. The predicted molar refractivity (Wildman–Crippen MR) is 78.2 cm³/mol. The Balaban J connectivity index is 2.19. The molecule has 3 rings (SSSR count). The van der Waals surface area contributed by atoms with Crippen molar-refractivity contribution in [3.63, 3.8) is 0 Å². The van der Waals surface area contributed by atoms with E-state index in [9.17, 15) is 15.3 Å². The molecule has 1 saturated heterocycles. The fourth-order valence-corrected chi connectivity index (χ4v) is 2.86. The molecule has 0 aliphatic carbocycles. The Morgan fingerprint density at radius 3 is 3.00 bits per heavy atom. The van der Waals surface area contributed by atoms with E-state index in [0.717, 1.165) is 0 Å². The molecule has 1 fully saturated rings. The lowest BCUT2D eigenvalue weighted by atomic mass is 9.95. The molecule has 9 heteroatoms. The summed E-state index contributed by atoms with van der Waals surface area (Å²) in [5, 5.41) is 29.9. The highest BCUT2D eigenvalue weighted by atomic mass is 32.1. The first kappa shape index (κ1) is 15.1. The number of aliphatic hydroxyl groups is 3. The van der Waals surface area contributed by atoms with Gasteiger partial charge in [0.1, 0.15) is 29.2 Å². The number of rotatable bonds is 2. The molecule has 8 nitrogen and oxygen atoms in total. The van der Waals surface area contributed by atoms with Crippen molar-refractivity contribution in [1.29, 1.82) is 0 Å². The minimum Gasteiger partial charge on any atom is -0.394 e. The van der Waals surface area contributed by atoms with Crippen molar-refractivity contribution < 1.29 is 20.1 Å². The molecule has 1 aliphatic heterocycles. The third-order valence-corrected chi connectivity index (χ3v) is 4.00.